The van der Waals surface area contributed by atoms with Crippen LogP contribution in [0.15, 0.2) is 40.1 Å². The fraction of sp³-hybridized carbons (Fsp3) is 0.391. The van der Waals surface area contributed by atoms with Crippen molar-refractivity contribution in [2.75, 3.05) is 19.4 Å². The number of rotatable bonds is 6. The number of carbonyl (C=O) groups is 1. The number of nitrogens with zero attached hydrogens (tertiary/aromatic N) is 4. The van der Waals surface area contributed by atoms with Crippen LogP contribution < -0.4 is 16.4 Å². The number of carbonyl (C=O) groups excluding carboxylic acids is 1. The maximum atomic E-state index is 15.2. The Morgan fingerprint density at radius 3 is 2.53 bits per heavy atom. The lowest BCUT2D eigenvalue weighted by atomic mass is 9.99. The quantitative estimate of drug-likeness (QED) is 0.592. The largest absolute Gasteiger partial charge is 0.361 e. The van der Waals surface area contributed by atoms with E-state index in [1.807, 2.05) is 0 Å². The zero-order chi connectivity index (χ0) is 24.9. The number of amides is 1. The molecule has 1 aliphatic carbocycles. The molecular weight excluding hydrogens is 451 g/mol. The minimum atomic E-state index is -4.05. The molecule has 11 heteroatoms. The molecule has 3 aromatic rings. The molecule has 1 aliphatic rings. The fourth-order valence-electron chi connectivity index (χ4n) is 3.89. The zero-order valence-corrected chi connectivity index (χ0v) is 19.1. The van der Waals surface area contributed by atoms with Crippen molar-refractivity contribution in [3.05, 3.63) is 68.1 Å². The van der Waals surface area contributed by atoms with Gasteiger partial charge in [0.25, 0.3) is 17.0 Å². The first-order valence-electron chi connectivity index (χ1n) is 10.7. The van der Waals surface area contributed by atoms with Crippen LogP contribution in [0.3, 0.4) is 0 Å². The topological polar surface area (TPSA) is 89.2 Å². The summed E-state index contributed by atoms with van der Waals surface area (Å²) in [6, 6.07) is 3.90. The number of benzene rings is 1. The van der Waals surface area contributed by atoms with E-state index in [-0.39, 0.29) is 28.4 Å². The predicted octanol–water partition coefficient (Wildman–Crippen LogP) is 2.92. The highest BCUT2D eigenvalue weighted by Gasteiger charge is 2.45. The molecule has 1 N–H and O–H groups in total. The van der Waals surface area contributed by atoms with Crippen LogP contribution >= 0.6 is 0 Å². The SMILES string of the molecule is CC(Nc1nn(C)c(=O)c2cc(=O)n(C3CC3)cc12)c1cccc(C(F)(F)C(=O)N(C)C)c1F. The zero-order valence-electron chi connectivity index (χ0n) is 19.1. The van der Waals surface area contributed by atoms with Crippen LogP contribution in [0.4, 0.5) is 19.0 Å². The first kappa shape index (κ1) is 23.5. The van der Waals surface area contributed by atoms with Crippen LogP contribution in [0.25, 0.3) is 10.8 Å². The third-order valence-electron chi connectivity index (χ3n) is 5.91. The number of hydrogen-bond acceptors (Lipinski definition) is 5. The van der Waals surface area contributed by atoms with Crippen molar-refractivity contribution in [1.82, 2.24) is 19.2 Å². The molecule has 1 saturated carbocycles. The monoisotopic (exact) mass is 475 g/mol. The minimum Gasteiger partial charge on any atom is -0.361 e. The number of hydrogen-bond donors (Lipinski definition) is 1. The molecular formula is C23H24F3N5O3. The van der Waals surface area contributed by atoms with Gasteiger partial charge in [0.15, 0.2) is 5.82 Å². The molecule has 0 aliphatic heterocycles. The minimum absolute atomic E-state index is 0.0526. The molecule has 1 unspecified atom stereocenters. The highest BCUT2D eigenvalue weighted by Crippen LogP contribution is 2.36. The number of aromatic nitrogens is 3. The molecule has 180 valence electrons. The van der Waals surface area contributed by atoms with E-state index in [1.54, 1.807) is 13.1 Å². The van der Waals surface area contributed by atoms with E-state index in [2.05, 4.69) is 10.4 Å². The van der Waals surface area contributed by atoms with E-state index in [9.17, 15) is 23.2 Å². The van der Waals surface area contributed by atoms with Crippen molar-refractivity contribution in [2.24, 2.45) is 7.05 Å². The third-order valence-corrected chi connectivity index (χ3v) is 5.91. The molecule has 2 aromatic heterocycles. The van der Waals surface area contributed by atoms with Crippen molar-refractivity contribution < 1.29 is 18.0 Å². The molecule has 0 radical (unpaired) electrons. The Bertz CT molecular complexity index is 1410. The molecule has 1 amide bonds. The van der Waals surface area contributed by atoms with Gasteiger partial charge in [0.1, 0.15) is 5.82 Å². The number of anilines is 1. The number of fused-ring (bicyclic) bond motifs is 1. The van der Waals surface area contributed by atoms with E-state index in [0.717, 1.165) is 23.6 Å². The third kappa shape index (κ3) is 3.95. The van der Waals surface area contributed by atoms with Crippen molar-refractivity contribution in [3.8, 4) is 0 Å². The summed E-state index contributed by atoms with van der Waals surface area (Å²) in [5, 5.41) is 7.71. The maximum Gasteiger partial charge on any atom is 0.352 e. The second kappa shape index (κ2) is 8.30. The Labute approximate surface area is 192 Å². The maximum absolute atomic E-state index is 15.2. The van der Waals surface area contributed by atoms with Crippen molar-refractivity contribution >= 4 is 22.5 Å². The molecule has 1 fully saturated rings. The molecule has 4 rings (SSSR count). The average molecular weight is 475 g/mol. The number of likely N-dealkylation sites (N-methyl/N-ethyl adjacent to an activating group) is 1. The summed E-state index contributed by atoms with van der Waals surface area (Å²) < 4.78 is 47.1. The van der Waals surface area contributed by atoms with Gasteiger partial charge in [-0.05, 0) is 25.8 Å². The lowest BCUT2D eigenvalue weighted by Crippen LogP contribution is -2.38. The van der Waals surface area contributed by atoms with Gasteiger partial charge in [-0.1, -0.05) is 12.1 Å². The molecule has 1 aromatic carbocycles. The second-order valence-electron chi connectivity index (χ2n) is 8.70. The van der Waals surface area contributed by atoms with Crippen LogP contribution in [0.1, 0.15) is 43.0 Å². The van der Waals surface area contributed by atoms with E-state index in [4.69, 9.17) is 0 Å². The summed E-state index contributed by atoms with van der Waals surface area (Å²) in [5.41, 5.74) is -1.91. The number of halogens is 3. The molecule has 34 heavy (non-hydrogen) atoms. The van der Waals surface area contributed by atoms with Crippen LogP contribution in [0.2, 0.25) is 0 Å². The van der Waals surface area contributed by atoms with Crippen molar-refractivity contribution in [1.29, 1.82) is 0 Å². The highest BCUT2D eigenvalue weighted by molar-refractivity contribution is 5.90. The van der Waals surface area contributed by atoms with Gasteiger partial charge < -0.3 is 14.8 Å². The van der Waals surface area contributed by atoms with Gasteiger partial charge in [-0.15, -0.1) is 0 Å². The van der Waals surface area contributed by atoms with Gasteiger partial charge in [-0.2, -0.15) is 13.9 Å². The molecule has 2 heterocycles. The fourth-order valence-corrected chi connectivity index (χ4v) is 3.89. The van der Waals surface area contributed by atoms with Gasteiger partial charge in [0.2, 0.25) is 0 Å². The summed E-state index contributed by atoms with van der Waals surface area (Å²) in [6.07, 6.45) is 3.25. The van der Waals surface area contributed by atoms with Crippen LogP contribution in [-0.4, -0.2) is 39.3 Å². The van der Waals surface area contributed by atoms with Gasteiger partial charge in [-0.25, -0.2) is 9.07 Å². The number of nitrogens with one attached hydrogen (secondary N) is 1. The van der Waals surface area contributed by atoms with Gasteiger partial charge >= 0.3 is 5.92 Å². The predicted molar refractivity (Wildman–Crippen MR) is 121 cm³/mol. The van der Waals surface area contributed by atoms with E-state index >= 15 is 4.39 Å². The standard InChI is InChI=1S/C23H24F3N5O3/c1-12(14-6-5-7-17(19(14)24)23(25,26)22(34)29(2)3)27-20-16-11-31(13-8-9-13)18(32)10-15(16)21(33)30(4)28-20/h5-7,10-13H,8-9H2,1-4H3,(H,27,28). The highest BCUT2D eigenvalue weighted by atomic mass is 19.3. The second-order valence-corrected chi connectivity index (χ2v) is 8.70. The Hall–Kier alpha value is -3.63. The number of pyridine rings is 1. The Kier molecular flexibility index (Phi) is 5.74. The summed E-state index contributed by atoms with van der Waals surface area (Å²) in [6.45, 7) is 1.55. The lowest BCUT2D eigenvalue weighted by Gasteiger charge is -2.23. The van der Waals surface area contributed by atoms with E-state index in [0.29, 0.717) is 10.3 Å². The molecule has 8 nitrogen and oxygen atoms in total. The Balaban J connectivity index is 1.77. The van der Waals surface area contributed by atoms with E-state index in [1.165, 1.54) is 43.9 Å². The Morgan fingerprint density at radius 2 is 1.91 bits per heavy atom. The van der Waals surface area contributed by atoms with Crippen LogP contribution in [-0.2, 0) is 17.8 Å². The molecule has 0 bridgehead atoms. The number of alkyl halides is 2. The lowest BCUT2D eigenvalue weighted by molar-refractivity contribution is -0.156. The summed E-state index contributed by atoms with van der Waals surface area (Å²) in [4.78, 5) is 37.6. The summed E-state index contributed by atoms with van der Waals surface area (Å²) in [7, 11) is 3.75. The molecule has 1 atom stereocenters. The molecule has 0 spiro atoms. The van der Waals surface area contributed by atoms with Crippen molar-refractivity contribution in [3.63, 3.8) is 0 Å². The normalized spacial score (nSPS) is 14.8. The first-order chi connectivity index (χ1) is 15.9. The van der Waals surface area contributed by atoms with Gasteiger partial charge in [-0.3, -0.25) is 14.4 Å². The summed E-state index contributed by atoms with van der Waals surface area (Å²) in [5.74, 6) is -6.61. The summed E-state index contributed by atoms with van der Waals surface area (Å²) >= 11 is 0. The van der Waals surface area contributed by atoms with Gasteiger partial charge in [0.05, 0.1) is 17.0 Å². The average Bonchev–Trinajstić information content (AvgIpc) is 3.61. The van der Waals surface area contributed by atoms with Crippen molar-refractivity contribution in [2.45, 2.75) is 37.8 Å². The van der Waals surface area contributed by atoms with Crippen LogP contribution in [0.5, 0.6) is 0 Å². The Morgan fingerprint density at radius 1 is 1.24 bits per heavy atom. The number of aryl methyl sites for hydroxylation is 1. The van der Waals surface area contributed by atoms with E-state index < -0.39 is 34.8 Å². The first-order valence-corrected chi connectivity index (χ1v) is 10.7. The molecule has 0 saturated heterocycles. The smallest absolute Gasteiger partial charge is 0.352 e. The van der Waals surface area contributed by atoms with Gasteiger partial charge in [0, 0.05) is 50.4 Å². The van der Waals surface area contributed by atoms with Crippen LogP contribution in [0, 0.1) is 5.82 Å².